The molecule has 1 saturated carbocycles. The first-order valence-electron chi connectivity index (χ1n) is 6.50. The molecule has 1 aliphatic carbocycles. The molecule has 0 heterocycles. The second-order valence-electron chi connectivity index (χ2n) is 4.99. The summed E-state index contributed by atoms with van der Waals surface area (Å²) in [5, 5.41) is 3.45. The molecule has 0 aliphatic heterocycles. The third-order valence-corrected chi connectivity index (χ3v) is 4.59. The molecule has 0 spiro atoms. The van der Waals surface area contributed by atoms with E-state index in [1.54, 1.807) is 0 Å². The van der Waals surface area contributed by atoms with Crippen molar-refractivity contribution in [3.05, 3.63) is 62.5 Å². The molecule has 1 aliphatic rings. The standard InChI is InChI=1S/C16H15Br2N/c17-14-7-8-16(15(18)9-14)19-10-11-1-3-12(4-2-11)13-5-6-13/h1-4,7-9,13,19H,5-6,10H2. The molecule has 0 atom stereocenters. The summed E-state index contributed by atoms with van der Waals surface area (Å²) in [7, 11) is 0. The number of anilines is 1. The lowest BCUT2D eigenvalue weighted by Crippen LogP contribution is -2.00. The lowest BCUT2D eigenvalue weighted by molar-refractivity contribution is 1.10. The zero-order chi connectivity index (χ0) is 13.2. The van der Waals surface area contributed by atoms with Crippen LogP contribution in [0.1, 0.15) is 29.9 Å². The van der Waals surface area contributed by atoms with Crippen molar-refractivity contribution in [2.75, 3.05) is 5.32 Å². The minimum absolute atomic E-state index is 0.836. The molecule has 98 valence electrons. The molecule has 3 heteroatoms. The van der Waals surface area contributed by atoms with Crippen molar-refractivity contribution in [3.63, 3.8) is 0 Å². The third kappa shape index (κ3) is 3.40. The molecule has 0 aromatic heterocycles. The van der Waals surface area contributed by atoms with E-state index in [4.69, 9.17) is 0 Å². The van der Waals surface area contributed by atoms with Crippen LogP contribution in [0.15, 0.2) is 51.4 Å². The topological polar surface area (TPSA) is 12.0 Å². The smallest absolute Gasteiger partial charge is 0.0488 e. The average Bonchev–Trinajstić information content (AvgIpc) is 3.23. The molecular formula is C16H15Br2N. The van der Waals surface area contributed by atoms with Gasteiger partial charge < -0.3 is 5.32 Å². The summed E-state index contributed by atoms with van der Waals surface area (Å²) in [6, 6.07) is 15.2. The summed E-state index contributed by atoms with van der Waals surface area (Å²) in [4.78, 5) is 0. The fraction of sp³-hybridized carbons (Fsp3) is 0.250. The Morgan fingerprint density at radius 1 is 1.00 bits per heavy atom. The number of benzene rings is 2. The fourth-order valence-corrected chi connectivity index (χ4v) is 3.34. The van der Waals surface area contributed by atoms with Crippen molar-refractivity contribution < 1.29 is 0 Å². The highest BCUT2D eigenvalue weighted by Crippen LogP contribution is 2.39. The van der Waals surface area contributed by atoms with Crippen molar-refractivity contribution in [2.24, 2.45) is 0 Å². The molecule has 1 nitrogen and oxygen atoms in total. The highest BCUT2D eigenvalue weighted by molar-refractivity contribution is 9.11. The SMILES string of the molecule is Brc1ccc(NCc2ccc(C3CC3)cc2)c(Br)c1. The normalized spacial score (nSPS) is 14.4. The molecule has 0 amide bonds. The van der Waals surface area contributed by atoms with Crippen LogP contribution in [0.5, 0.6) is 0 Å². The van der Waals surface area contributed by atoms with E-state index in [0.717, 1.165) is 27.1 Å². The van der Waals surface area contributed by atoms with Gasteiger partial charge in [0.05, 0.1) is 0 Å². The Morgan fingerprint density at radius 2 is 1.74 bits per heavy atom. The van der Waals surface area contributed by atoms with Crippen LogP contribution in [0.25, 0.3) is 0 Å². The summed E-state index contributed by atoms with van der Waals surface area (Å²) in [6.07, 6.45) is 2.73. The van der Waals surface area contributed by atoms with E-state index in [0.29, 0.717) is 0 Å². The van der Waals surface area contributed by atoms with Gasteiger partial charge in [0.1, 0.15) is 0 Å². The van der Waals surface area contributed by atoms with E-state index in [9.17, 15) is 0 Å². The number of halogens is 2. The largest absolute Gasteiger partial charge is 0.380 e. The summed E-state index contributed by atoms with van der Waals surface area (Å²) < 4.78 is 2.16. The molecular weight excluding hydrogens is 366 g/mol. The van der Waals surface area contributed by atoms with Crippen LogP contribution >= 0.6 is 31.9 Å². The Hall–Kier alpha value is -0.800. The van der Waals surface area contributed by atoms with Crippen molar-refractivity contribution in [2.45, 2.75) is 25.3 Å². The summed E-state index contributed by atoms with van der Waals surface area (Å²) >= 11 is 7.03. The van der Waals surface area contributed by atoms with E-state index in [1.807, 2.05) is 6.07 Å². The maximum absolute atomic E-state index is 3.57. The van der Waals surface area contributed by atoms with Gasteiger partial charge in [0.25, 0.3) is 0 Å². The van der Waals surface area contributed by atoms with Gasteiger partial charge in [-0.2, -0.15) is 0 Å². The highest BCUT2D eigenvalue weighted by Gasteiger charge is 2.22. The van der Waals surface area contributed by atoms with Gasteiger partial charge in [0.2, 0.25) is 0 Å². The van der Waals surface area contributed by atoms with Crippen LogP contribution in [0.2, 0.25) is 0 Å². The Kier molecular flexibility index (Phi) is 3.94. The molecule has 2 aromatic rings. The van der Waals surface area contributed by atoms with Gasteiger partial charge >= 0.3 is 0 Å². The van der Waals surface area contributed by atoms with Crippen LogP contribution in [-0.2, 0) is 6.54 Å². The minimum atomic E-state index is 0.836. The van der Waals surface area contributed by atoms with Gasteiger partial charge in [0, 0.05) is 21.2 Å². The third-order valence-electron chi connectivity index (χ3n) is 3.44. The number of hydrogen-bond donors (Lipinski definition) is 1. The Balaban J connectivity index is 1.64. The zero-order valence-corrected chi connectivity index (χ0v) is 13.7. The van der Waals surface area contributed by atoms with Gasteiger partial charge in [-0.3, -0.25) is 0 Å². The van der Waals surface area contributed by atoms with Gasteiger partial charge in [-0.15, -0.1) is 0 Å². The molecule has 2 aromatic carbocycles. The Morgan fingerprint density at radius 3 is 2.37 bits per heavy atom. The maximum Gasteiger partial charge on any atom is 0.0488 e. The molecule has 19 heavy (non-hydrogen) atoms. The Labute approximate surface area is 130 Å². The van der Waals surface area contributed by atoms with Crippen molar-refractivity contribution in [1.82, 2.24) is 0 Å². The van der Waals surface area contributed by atoms with Crippen LogP contribution in [0.3, 0.4) is 0 Å². The Bertz CT molecular complexity index is 574. The van der Waals surface area contributed by atoms with E-state index >= 15 is 0 Å². The molecule has 0 unspecified atom stereocenters. The molecule has 0 radical (unpaired) electrons. The minimum Gasteiger partial charge on any atom is -0.380 e. The second kappa shape index (κ2) is 5.68. The average molecular weight is 381 g/mol. The first-order valence-corrected chi connectivity index (χ1v) is 8.09. The summed E-state index contributed by atoms with van der Waals surface area (Å²) in [6.45, 7) is 0.852. The van der Waals surface area contributed by atoms with Crippen LogP contribution < -0.4 is 5.32 Å². The van der Waals surface area contributed by atoms with E-state index in [2.05, 4.69) is 73.6 Å². The number of hydrogen-bond acceptors (Lipinski definition) is 1. The van der Waals surface area contributed by atoms with Crippen molar-refractivity contribution in [3.8, 4) is 0 Å². The van der Waals surface area contributed by atoms with Gasteiger partial charge in [-0.1, -0.05) is 40.2 Å². The van der Waals surface area contributed by atoms with Crippen molar-refractivity contribution >= 4 is 37.5 Å². The first-order chi connectivity index (χ1) is 9.22. The molecule has 0 saturated heterocycles. The van der Waals surface area contributed by atoms with E-state index in [1.165, 1.54) is 24.0 Å². The molecule has 0 bridgehead atoms. The first kappa shape index (κ1) is 13.2. The summed E-state index contributed by atoms with van der Waals surface area (Å²) in [5.74, 6) is 0.836. The van der Waals surface area contributed by atoms with Crippen LogP contribution in [0, 0.1) is 0 Å². The van der Waals surface area contributed by atoms with Crippen LogP contribution in [-0.4, -0.2) is 0 Å². The monoisotopic (exact) mass is 379 g/mol. The lowest BCUT2D eigenvalue weighted by atomic mass is 10.1. The zero-order valence-electron chi connectivity index (χ0n) is 10.5. The number of rotatable bonds is 4. The quantitative estimate of drug-likeness (QED) is 0.717. The van der Waals surface area contributed by atoms with Gasteiger partial charge in [0.15, 0.2) is 0 Å². The number of nitrogens with one attached hydrogen (secondary N) is 1. The fourth-order valence-electron chi connectivity index (χ4n) is 2.15. The predicted molar refractivity (Wildman–Crippen MR) is 87.6 cm³/mol. The molecule has 1 N–H and O–H groups in total. The molecule has 1 fully saturated rings. The second-order valence-corrected chi connectivity index (χ2v) is 6.76. The molecule has 3 rings (SSSR count). The summed E-state index contributed by atoms with van der Waals surface area (Å²) in [5.41, 5.74) is 3.93. The predicted octanol–water partition coefficient (Wildman–Crippen LogP) is 5.70. The van der Waals surface area contributed by atoms with Gasteiger partial charge in [-0.05, 0) is 64.0 Å². The van der Waals surface area contributed by atoms with E-state index in [-0.39, 0.29) is 0 Å². The maximum atomic E-state index is 3.57. The van der Waals surface area contributed by atoms with Crippen molar-refractivity contribution in [1.29, 1.82) is 0 Å². The highest BCUT2D eigenvalue weighted by atomic mass is 79.9. The van der Waals surface area contributed by atoms with Crippen LogP contribution in [0.4, 0.5) is 5.69 Å². The van der Waals surface area contributed by atoms with E-state index < -0.39 is 0 Å². The van der Waals surface area contributed by atoms with Gasteiger partial charge in [-0.25, -0.2) is 0 Å². The lowest BCUT2D eigenvalue weighted by Gasteiger charge is -2.09.